The number of aromatic nitrogens is 1. The van der Waals surface area contributed by atoms with Gasteiger partial charge in [-0.1, -0.05) is 6.07 Å². The first kappa shape index (κ1) is 20.9. The zero-order valence-electron chi connectivity index (χ0n) is 13.3. The van der Waals surface area contributed by atoms with E-state index >= 15 is 0 Å². The minimum absolute atomic E-state index is 0. The Hall–Kier alpha value is -2.10. The summed E-state index contributed by atoms with van der Waals surface area (Å²) < 4.78 is 27.1. The minimum Gasteiger partial charge on any atom is -0.328 e. The fourth-order valence-electron chi connectivity index (χ4n) is 1.96. The van der Waals surface area contributed by atoms with Crippen molar-refractivity contribution in [2.24, 2.45) is 5.73 Å². The second-order valence-corrected chi connectivity index (χ2v) is 5.74. The van der Waals surface area contributed by atoms with Gasteiger partial charge in [-0.2, -0.15) is 0 Å². The largest absolute Gasteiger partial charge is 0.328 e. The average Bonchev–Trinajstić information content (AvgIpc) is 3.04. The molecule has 0 radical (unpaired) electrons. The number of anilines is 1. The molecule has 0 unspecified atom stereocenters. The summed E-state index contributed by atoms with van der Waals surface area (Å²) in [6.07, 6.45) is 0. The maximum Gasteiger partial charge on any atom is 0.273 e. The summed E-state index contributed by atoms with van der Waals surface area (Å²) in [5.41, 5.74) is 5.10. The van der Waals surface area contributed by atoms with E-state index in [9.17, 15) is 18.4 Å². The number of nitrogens with two attached hydrogens (primary N) is 1. The van der Waals surface area contributed by atoms with Crippen molar-refractivity contribution in [2.75, 3.05) is 18.4 Å². The first-order valence-electron chi connectivity index (χ1n) is 7.13. The molecule has 25 heavy (non-hydrogen) atoms. The normalized spacial score (nSPS) is 10.1. The Bertz CT molecular complexity index is 737. The molecule has 1 heterocycles. The number of nitrogens with zero attached hydrogens (tertiary/aromatic N) is 2. The summed E-state index contributed by atoms with van der Waals surface area (Å²) in [4.78, 5) is 29.6. The molecule has 0 spiro atoms. The molecule has 0 fully saturated rings. The molecule has 2 aromatic rings. The van der Waals surface area contributed by atoms with Crippen molar-refractivity contribution in [3.8, 4) is 0 Å². The monoisotopic (exact) mass is 390 g/mol. The van der Waals surface area contributed by atoms with Crippen LogP contribution >= 0.6 is 23.7 Å². The standard InChI is InChI=1S/C15H16F2N4O2S.ClH/c1-2-21(15(23)11-8-24-13(6-18)19-11)7-12(22)20-14-9(16)4-3-5-10(14)17;/h3-5,8H,2,6-7,18H2,1H3,(H,20,22);1H. The maximum atomic E-state index is 13.5. The van der Waals surface area contributed by atoms with Crippen molar-refractivity contribution in [2.45, 2.75) is 13.5 Å². The Morgan fingerprint density at radius 1 is 1.32 bits per heavy atom. The number of thiazole rings is 1. The number of amides is 2. The van der Waals surface area contributed by atoms with E-state index in [0.717, 1.165) is 12.1 Å². The second-order valence-electron chi connectivity index (χ2n) is 4.79. The zero-order valence-corrected chi connectivity index (χ0v) is 14.9. The molecule has 1 aromatic heterocycles. The molecule has 1 aromatic carbocycles. The quantitative estimate of drug-likeness (QED) is 0.792. The predicted molar refractivity (Wildman–Crippen MR) is 93.8 cm³/mol. The van der Waals surface area contributed by atoms with E-state index in [1.807, 2.05) is 0 Å². The molecule has 0 saturated heterocycles. The van der Waals surface area contributed by atoms with Crippen LogP contribution in [0.2, 0.25) is 0 Å². The van der Waals surface area contributed by atoms with Gasteiger partial charge >= 0.3 is 0 Å². The van der Waals surface area contributed by atoms with Crippen molar-refractivity contribution in [3.63, 3.8) is 0 Å². The first-order valence-corrected chi connectivity index (χ1v) is 8.01. The molecule has 6 nitrogen and oxygen atoms in total. The molecule has 10 heteroatoms. The van der Waals surface area contributed by atoms with Crippen molar-refractivity contribution in [3.05, 3.63) is 45.9 Å². The third-order valence-electron chi connectivity index (χ3n) is 3.18. The van der Waals surface area contributed by atoms with Crippen molar-refractivity contribution in [1.82, 2.24) is 9.88 Å². The molecule has 0 saturated carbocycles. The van der Waals surface area contributed by atoms with Crippen LogP contribution in [0.5, 0.6) is 0 Å². The molecule has 0 bridgehead atoms. The second kappa shape index (κ2) is 9.40. The smallest absolute Gasteiger partial charge is 0.273 e. The molecule has 2 amide bonds. The number of likely N-dealkylation sites (N-methyl/N-ethyl adjacent to an activating group) is 1. The molecule has 0 aliphatic heterocycles. The topological polar surface area (TPSA) is 88.3 Å². The minimum atomic E-state index is -0.884. The Labute approximate surface area is 153 Å². The lowest BCUT2D eigenvalue weighted by molar-refractivity contribution is -0.116. The zero-order chi connectivity index (χ0) is 17.7. The van der Waals surface area contributed by atoms with Gasteiger partial charge in [0.05, 0.1) is 0 Å². The lowest BCUT2D eigenvalue weighted by Crippen LogP contribution is -2.38. The average molecular weight is 391 g/mol. The van der Waals surface area contributed by atoms with E-state index < -0.39 is 29.1 Å². The summed E-state index contributed by atoms with van der Waals surface area (Å²) in [6, 6.07) is 3.26. The van der Waals surface area contributed by atoms with E-state index in [2.05, 4.69) is 10.3 Å². The highest BCUT2D eigenvalue weighted by atomic mass is 35.5. The summed E-state index contributed by atoms with van der Waals surface area (Å²) >= 11 is 1.25. The van der Waals surface area contributed by atoms with E-state index in [4.69, 9.17) is 5.73 Å². The molecule has 0 aliphatic carbocycles. The van der Waals surface area contributed by atoms with Crippen LogP contribution in [-0.4, -0.2) is 34.8 Å². The van der Waals surface area contributed by atoms with Gasteiger partial charge < -0.3 is 16.0 Å². The van der Waals surface area contributed by atoms with Gasteiger partial charge in [0.25, 0.3) is 5.91 Å². The molecular weight excluding hydrogens is 374 g/mol. The summed E-state index contributed by atoms with van der Waals surface area (Å²) in [5.74, 6) is -2.92. The molecular formula is C15H17ClF2N4O2S. The number of para-hydroxylation sites is 1. The number of benzene rings is 1. The maximum absolute atomic E-state index is 13.5. The summed E-state index contributed by atoms with van der Waals surface area (Å²) in [6.45, 7) is 1.79. The lowest BCUT2D eigenvalue weighted by Gasteiger charge is -2.19. The van der Waals surface area contributed by atoms with Gasteiger partial charge in [-0.3, -0.25) is 9.59 Å². The van der Waals surface area contributed by atoms with E-state index in [-0.39, 0.29) is 37.7 Å². The fraction of sp³-hybridized carbons (Fsp3) is 0.267. The Morgan fingerprint density at radius 2 is 1.96 bits per heavy atom. The number of carbonyl (C=O) groups excluding carboxylic acids is 2. The Balaban J connectivity index is 0.00000312. The number of halogens is 3. The van der Waals surface area contributed by atoms with E-state index in [1.165, 1.54) is 22.3 Å². The highest BCUT2D eigenvalue weighted by molar-refractivity contribution is 7.09. The number of nitrogens with one attached hydrogen (secondary N) is 1. The molecule has 0 atom stereocenters. The van der Waals surface area contributed by atoms with Crippen LogP contribution in [-0.2, 0) is 11.3 Å². The lowest BCUT2D eigenvalue weighted by atomic mass is 10.3. The summed E-state index contributed by atoms with van der Waals surface area (Å²) in [7, 11) is 0. The van der Waals surface area contributed by atoms with Gasteiger partial charge in [-0.05, 0) is 19.1 Å². The third kappa shape index (κ3) is 5.18. The van der Waals surface area contributed by atoms with Crippen molar-refractivity contribution < 1.29 is 18.4 Å². The van der Waals surface area contributed by atoms with Crippen LogP contribution in [0.3, 0.4) is 0 Å². The fourth-order valence-corrected chi connectivity index (χ4v) is 2.61. The van der Waals surface area contributed by atoms with Gasteiger partial charge in [0.15, 0.2) is 0 Å². The van der Waals surface area contributed by atoms with Crippen LogP contribution < -0.4 is 11.1 Å². The molecule has 3 N–H and O–H groups in total. The van der Waals surface area contributed by atoms with Crippen molar-refractivity contribution >= 4 is 41.2 Å². The number of carbonyl (C=O) groups is 2. The number of hydrogen-bond acceptors (Lipinski definition) is 5. The van der Waals surface area contributed by atoms with E-state index in [1.54, 1.807) is 12.3 Å². The van der Waals surface area contributed by atoms with Gasteiger partial charge in [0, 0.05) is 18.5 Å². The Kier molecular flexibility index (Phi) is 7.88. The molecule has 2 rings (SSSR count). The number of rotatable bonds is 6. The van der Waals surface area contributed by atoms with Crippen LogP contribution in [0.15, 0.2) is 23.6 Å². The highest BCUT2D eigenvalue weighted by Crippen LogP contribution is 2.18. The van der Waals surface area contributed by atoms with Crippen LogP contribution in [0, 0.1) is 11.6 Å². The van der Waals surface area contributed by atoms with Gasteiger partial charge in [0.1, 0.15) is 34.6 Å². The first-order chi connectivity index (χ1) is 11.5. The van der Waals surface area contributed by atoms with Crippen LogP contribution in [0.4, 0.5) is 14.5 Å². The third-order valence-corrected chi connectivity index (χ3v) is 4.05. The summed E-state index contributed by atoms with van der Waals surface area (Å²) in [5, 5.41) is 4.31. The van der Waals surface area contributed by atoms with Crippen LogP contribution in [0.25, 0.3) is 0 Å². The number of hydrogen-bond donors (Lipinski definition) is 2. The predicted octanol–water partition coefficient (Wildman–Crippen LogP) is 2.40. The van der Waals surface area contributed by atoms with Crippen molar-refractivity contribution in [1.29, 1.82) is 0 Å². The highest BCUT2D eigenvalue weighted by Gasteiger charge is 2.21. The molecule has 136 valence electrons. The Morgan fingerprint density at radius 3 is 2.48 bits per heavy atom. The van der Waals surface area contributed by atoms with Gasteiger partial charge in [-0.25, -0.2) is 13.8 Å². The molecule has 0 aliphatic rings. The van der Waals surface area contributed by atoms with Gasteiger partial charge in [0.2, 0.25) is 5.91 Å². The SMILES string of the molecule is CCN(CC(=O)Nc1c(F)cccc1F)C(=O)c1csc(CN)n1.Cl. The van der Waals surface area contributed by atoms with Gasteiger partial charge in [-0.15, -0.1) is 23.7 Å². The van der Waals surface area contributed by atoms with Crippen LogP contribution in [0.1, 0.15) is 22.4 Å². The van der Waals surface area contributed by atoms with E-state index in [0.29, 0.717) is 5.01 Å².